The van der Waals surface area contributed by atoms with E-state index in [-0.39, 0.29) is 10.2 Å². The van der Waals surface area contributed by atoms with Crippen LogP contribution in [0.4, 0.5) is 0 Å². The first-order chi connectivity index (χ1) is 14.7. The minimum absolute atomic E-state index is 0. The van der Waals surface area contributed by atoms with E-state index in [1.807, 2.05) is 12.3 Å². The molecule has 1 aliphatic heterocycles. The lowest BCUT2D eigenvalue weighted by Gasteiger charge is -2.22. The van der Waals surface area contributed by atoms with Crippen LogP contribution in [0.3, 0.4) is 0 Å². The number of benzene rings is 1. The van der Waals surface area contributed by atoms with Gasteiger partial charge in [-0.2, -0.15) is 0 Å². The number of allylic oxidation sites excluding steroid dienone is 5. The van der Waals surface area contributed by atoms with Gasteiger partial charge in [0, 0.05) is 28.7 Å². The lowest BCUT2D eigenvalue weighted by Crippen LogP contribution is -2.19. The number of nitrogens with zero attached hydrogens (tertiary/aromatic N) is 1. The van der Waals surface area contributed by atoms with E-state index >= 15 is 0 Å². The highest BCUT2D eigenvalue weighted by atomic mass is 16.1. The maximum atomic E-state index is 12.9. The molecule has 0 bridgehead atoms. The van der Waals surface area contributed by atoms with Crippen molar-refractivity contribution in [3.05, 3.63) is 71.5 Å². The van der Waals surface area contributed by atoms with Crippen molar-refractivity contribution in [1.82, 2.24) is 0 Å². The fourth-order valence-corrected chi connectivity index (χ4v) is 5.34. The number of aliphatic imine (C=N–C) groups is 1. The summed E-state index contributed by atoms with van der Waals surface area (Å²) in [7, 11) is 0. The molecule has 0 aromatic heterocycles. The SMILES string of the molecule is C[C@H](Cc1ccccc1)C(=O)CC1CCCC(C2=NC=CCC3=C2C=CCC3)CC1.[HH].[HH].[HH]. The summed E-state index contributed by atoms with van der Waals surface area (Å²) < 4.78 is 0. The summed E-state index contributed by atoms with van der Waals surface area (Å²) in [5.41, 5.74) is 5.57. The Balaban J connectivity index is 0.00000181. The molecule has 2 heteroatoms. The van der Waals surface area contributed by atoms with Crippen LogP contribution in [0.1, 0.15) is 74.6 Å². The maximum absolute atomic E-state index is 12.9. The molecule has 1 saturated carbocycles. The van der Waals surface area contributed by atoms with Crippen LogP contribution in [0.5, 0.6) is 0 Å². The molecular weight excluding hydrogens is 366 g/mol. The first kappa shape index (κ1) is 21.0. The van der Waals surface area contributed by atoms with Crippen LogP contribution in [0, 0.1) is 17.8 Å². The van der Waals surface area contributed by atoms with Crippen molar-refractivity contribution in [2.24, 2.45) is 22.7 Å². The molecule has 1 aromatic rings. The highest BCUT2D eigenvalue weighted by molar-refractivity contribution is 6.05. The van der Waals surface area contributed by atoms with Gasteiger partial charge in [0.15, 0.2) is 0 Å². The third-order valence-corrected chi connectivity index (χ3v) is 7.14. The molecule has 4 rings (SSSR count). The van der Waals surface area contributed by atoms with Crippen molar-refractivity contribution in [2.75, 3.05) is 0 Å². The molecule has 30 heavy (non-hydrogen) atoms. The number of carbonyl (C=O) groups is 1. The summed E-state index contributed by atoms with van der Waals surface area (Å²) in [6, 6.07) is 10.4. The van der Waals surface area contributed by atoms with E-state index in [9.17, 15) is 4.79 Å². The van der Waals surface area contributed by atoms with Crippen LogP contribution in [-0.4, -0.2) is 11.5 Å². The van der Waals surface area contributed by atoms with Gasteiger partial charge >= 0.3 is 0 Å². The van der Waals surface area contributed by atoms with Gasteiger partial charge in [-0.3, -0.25) is 9.79 Å². The predicted molar refractivity (Wildman–Crippen MR) is 132 cm³/mol. The second kappa shape index (κ2) is 10.2. The van der Waals surface area contributed by atoms with Gasteiger partial charge in [-0.15, -0.1) is 0 Å². The third kappa shape index (κ3) is 5.28. The van der Waals surface area contributed by atoms with Gasteiger partial charge in [-0.05, 0) is 62.0 Å². The highest BCUT2D eigenvalue weighted by Gasteiger charge is 2.28. The van der Waals surface area contributed by atoms with Crippen molar-refractivity contribution in [3.8, 4) is 0 Å². The number of rotatable bonds is 6. The van der Waals surface area contributed by atoms with Crippen LogP contribution in [0.2, 0.25) is 0 Å². The molecule has 3 atom stereocenters. The lowest BCUT2D eigenvalue weighted by atomic mass is 9.83. The molecule has 0 amide bonds. The third-order valence-electron chi connectivity index (χ3n) is 7.14. The van der Waals surface area contributed by atoms with Crippen molar-refractivity contribution < 1.29 is 9.07 Å². The Morgan fingerprint density at radius 2 is 2.00 bits per heavy atom. The Morgan fingerprint density at radius 3 is 2.87 bits per heavy atom. The first-order valence-electron chi connectivity index (χ1n) is 11.9. The van der Waals surface area contributed by atoms with E-state index in [2.05, 4.69) is 49.4 Å². The molecule has 0 spiro atoms. The largest absolute Gasteiger partial charge is 0.299 e. The van der Waals surface area contributed by atoms with E-state index in [0.717, 1.165) is 32.1 Å². The molecule has 2 unspecified atom stereocenters. The minimum atomic E-state index is 0. The van der Waals surface area contributed by atoms with E-state index in [1.54, 1.807) is 5.57 Å². The summed E-state index contributed by atoms with van der Waals surface area (Å²) in [5.74, 6) is 1.64. The maximum Gasteiger partial charge on any atom is 0.136 e. The van der Waals surface area contributed by atoms with Gasteiger partial charge in [0.2, 0.25) is 0 Å². The molecule has 3 aliphatic rings. The zero-order valence-electron chi connectivity index (χ0n) is 18.4. The fourth-order valence-electron chi connectivity index (χ4n) is 5.34. The summed E-state index contributed by atoms with van der Waals surface area (Å²) in [6.07, 6.45) is 19.8. The predicted octanol–water partition coefficient (Wildman–Crippen LogP) is 7.76. The van der Waals surface area contributed by atoms with Crippen molar-refractivity contribution in [2.45, 2.75) is 71.1 Å². The number of ketones is 1. The van der Waals surface area contributed by atoms with Gasteiger partial charge in [-0.1, -0.05) is 73.9 Å². The Hall–Kier alpha value is -2.22. The number of hydrogen-bond acceptors (Lipinski definition) is 2. The summed E-state index contributed by atoms with van der Waals surface area (Å²) >= 11 is 0. The highest BCUT2D eigenvalue weighted by Crippen LogP contribution is 2.35. The summed E-state index contributed by atoms with van der Waals surface area (Å²) in [6.45, 7) is 2.10. The van der Waals surface area contributed by atoms with Crippen molar-refractivity contribution in [3.63, 3.8) is 0 Å². The van der Waals surface area contributed by atoms with Crippen LogP contribution in [-0.2, 0) is 11.2 Å². The zero-order valence-corrected chi connectivity index (χ0v) is 18.4. The second-order valence-corrected chi connectivity index (χ2v) is 9.39. The molecular formula is C28H41NO. The topological polar surface area (TPSA) is 29.4 Å². The molecule has 2 aliphatic carbocycles. The Bertz CT molecular complexity index is 872. The van der Waals surface area contributed by atoms with E-state index in [4.69, 9.17) is 4.99 Å². The van der Waals surface area contributed by atoms with E-state index < -0.39 is 0 Å². The molecule has 2 nitrogen and oxygen atoms in total. The Morgan fingerprint density at radius 1 is 1.13 bits per heavy atom. The van der Waals surface area contributed by atoms with Gasteiger partial charge in [0.1, 0.15) is 5.78 Å². The Labute approximate surface area is 186 Å². The molecule has 0 saturated heterocycles. The number of Topliss-reactive ketones (excluding diaryl/α,β-unsaturated/α-hetero) is 1. The van der Waals surface area contributed by atoms with E-state index in [0.29, 0.717) is 17.6 Å². The first-order valence-corrected chi connectivity index (χ1v) is 11.9. The standard InChI is InChI=1S/C28H35NO.3H2/c1-21(19-22-9-3-2-4-10-22)27(30)20-23-11-7-13-25(17-16-23)28-26-15-6-5-12-24(26)14-8-18-29-28;;;/h2-4,6,8-10,15,18,21,23,25H,5,7,11-14,16-17,19-20H2,1H3;3*1H/t21-,23?,25?;;;/m1.../s1. The monoisotopic (exact) mass is 407 g/mol. The van der Waals surface area contributed by atoms with Gasteiger partial charge in [0.25, 0.3) is 0 Å². The molecule has 1 aromatic carbocycles. The van der Waals surface area contributed by atoms with Crippen LogP contribution in [0.15, 0.2) is 70.9 Å². The van der Waals surface area contributed by atoms with Crippen LogP contribution < -0.4 is 0 Å². The molecule has 0 N–H and O–H groups in total. The van der Waals surface area contributed by atoms with Crippen molar-refractivity contribution in [1.29, 1.82) is 0 Å². The molecule has 1 fully saturated rings. The fraction of sp³-hybridized carbons (Fsp3) is 0.500. The summed E-state index contributed by atoms with van der Waals surface area (Å²) in [4.78, 5) is 17.8. The number of hydrogen-bond donors (Lipinski definition) is 0. The zero-order chi connectivity index (χ0) is 20.8. The molecule has 1 heterocycles. The van der Waals surface area contributed by atoms with Crippen molar-refractivity contribution >= 4 is 11.5 Å². The number of carbonyl (C=O) groups excluding carboxylic acids is 1. The van der Waals surface area contributed by atoms with Gasteiger partial charge < -0.3 is 0 Å². The van der Waals surface area contributed by atoms with Gasteiger partial charge in [0.05, 0.1) is 5.71 Å². The smallest absolute Gasteiger partial charge is 0.136 e. The molecule has 164 valence electrons. The minimum Gasteiger partial charge on any atom is -0.299 e. The average Bonchev–Trinajstić information content (AvgIpc) is 3.13. The van der Waals surface area contributed by atoms with E-state index in [1.165, 1.54) is 49.0 Å². The van der Waals surface area contributed by atoms with Crippen LogP contribution >= 0.6 is 0 Å². The Kier molecular flexibility index (Phi) is 7.15. The van der Waals surface area contributed by atoms with Crippen LogP contribution in [0.25, 0.3) is 0 Å². The summed E-state index contributed by atoms with van der Waals surface area (Å²) in [5, 5.41) is 0. The van der Waals surface area contributed by atoms with Gasteiger partial charge in [-0.25, -0.2) is 0 Å². The normalized spacial score (nSPS) is 25.2. The second-order valence-electron chi connectivity index (χ2n) is 9.39. The quantitative estimate of drug-likeness (QED) is 0.443. The molecule has 0 radical (unpaired) electrons. The average molecular weight is 408 g/mol. The lowest BCUT2D eigenvalue weighted by molar-refractivity contribution is -0.123.